The first-order valence-corrected chi connectivity index (χ1v) is 7.59. The summed E-state index contributed by atoms with van der Waals surface area (Å²) in [6.07, 6.45) is 7.15. The molecule has 0 radical (unpaired) electrons. The molecule has 0 aliphatic rings. The van der Waals surface area contributed by atoms with Gasteiger partial charge in [0.2, 0.25) is 5.88 Å². The SMILES string of the molecule is CC.CSC.Nc1ccc(Oc2ccncn2)cc1. The molecule has 0 spiro atoms. The molecule has 19 heavy (non-hydrogen) atoms. The smallest absolute Gasteiger partial charge is 0.222 e. The number of nitrogens with zero attached hydrogens (tertiary/aromatic N) is 2. The van der Waals surface area contributed by atoms with Gasteiger partial charge < -0.3 is 10.5 Å². The van der Waals surface area contributed by atoms with Crippen molar-refractivity contribution in [1.82, 2.24) is 9.97 Å². The summed E-state index contributed by atoms with van der Waals surface area (Å²) in [4.78, 5) is 7.72. The fourth-order valence-electron chi connectivity index (χ4n) is 0.996. The lowest BCUT2D eigenvalue weighted by molar-refractivity contribution is 0.461. The Morgan fingerprint density at radius 1 is 1.05 bits per heavy atom. The number of benzene rings is 1. The summed E-state index contributed by atoms with van der Waals surface area (Å²) in [5.74, 6) is 1.22. The lowest BCUT2D eigenvalue weighted by Crippen LogP contribution is -1.88. The molecule has 0 aliphatic carbocycles. The average molecular weight is 279 g/mol. The second-order valence-corrected chi connectivity index (χ2v) is 3.94. The predicted molar refractivity (Wildman–Crippen MR) is 83.7 cm³/mol. The third kappa shape index (κ3) is 8.05. The van der Waals surface area contributed by atoms with E-state index in [-0.39, 0.29) is 0 Å². The monoisotopic (exact) mass is 279 g/mol. The van der Waals surface area contributed by atoms with E-state index in [1.165, 1.54) is 6.33 Å². The van der Waals surface area contributed by atoms with Crippen LogP contribution in [0, 0.1) is 0 Å². The lowest BCUT2D eigenvalue weighted by atomic mass is 10.3. The zero-order valence-electron chi connectivity index (χ0n) is 11.8. The van der Waals surface area contributed by atoms with Crippen LogP contribution in [0.1, 0.15) is 13.8 Å². The first-order chi connectivity index (χ1) is 9.26. The van der Waals surface area contributed by atoms with E-state index in [0.29, 0.717) is 17.3 Å². The summed E-state index contributed by atoms with van der Waals surface area (Å²) < 4.78 is 5.43. The maximum absolute atomic E-state index is 5.54. The van der Waals surface area contributed by atoms with Crippen LogP contribution in [-0.2, 0) is 0 Å². The van der Waals surface area contributed by atoms with Gasteiger partial charge in [-0.3, -0.25) is 0 Å². The van der Waals surface area contributed by atoms with Crippen LogP contribution in [0.3, 0.4) is 0 Å². The first kappa shape index (κ1) is 17.2. The molecule has 2 N–H and O–H groups in total. The summed E-state index contributed by atoms with van der Waals surface area (Å²) in [5.41, 5.74) is 6.25. The number of anilines is 1. The summed E-state index contributed by atoms with van der Waals surface area (Å²) in [7, 11) is 0. The van der Waals surface area contributed by atoms with Crippen molar-refractivity contribution in [2.75, 3.05) is 18.2 Å². The molecule has 0 unspecified atom stereocenters. The maximum atomic E-state index is 5.54. The molecule has 0 saturated heterocycles. The highest BCUT2D eigenvalue weighted by atomic mass is 32.2. The normalized spacial score (nSPS) is 8.42. The van der Waals surface area contributed by atoms with Crippen LogP contribution in [0.5, 0.6) is 11.6 Å². The van der Waals surface area contributed by atoms with Crippen LogP contribution in [0.15, 0.2) is 42.9 Å². The van der Waals surface area contributed by atoms with E-state index < -0.39 is 0 Å². The van der Waals surface area contributed by atoms with Gasteiger partial charge >= 0.3 is 0 Å². The van der Waals surface area contributed by atoms with Crippen molar-refractivity contribution < 1.29 is 4.74 Å². The van der Waals surface area contributed by atoms with Gasteiger partial charge in [-0.15, -0.1) is 0 Å². The molecule has 0 amide bonds. The zero-order chi connectivity index (χ0) is 14.5. The number of nitrogens with two attached hydrogens (primary N) is 1. The van der Waals surface area contributed by atoms with Gasteiger partial charge in [-0.2, -0.15) is 11.8 Å². The number of aromatic nitrogens is 2. The van der Waals surface area contributed by atoms with Crippen molar-refractivity contribution in [3.05, 3.63) is 42.9 Å². The second-order valence-electron chi connectivity index (χ2n) is 3.13. The van der Waals surface area contributed by atoms with E-state index in [0.717, 1.165) is 0 Å². The molecule has 4 nitrogen and oxygen atoms in total. The van der Waals surface area contributed by atoms with E-state index in [1.54, 1.807) is 48.3 Å². The van der Waals surface area contributed by atoms with Crippen LogP contribution in [0.25, 0.3) is 0 Å². The van der Waals surface area contributed by atoms with Crippen molar-refractivity contribution in [2.24, 2.45) is 0 Å². The largest absolute Gasteiger partial charge is 0.439 e. The highest BCUT2D eigenvalue weighted by Crippen LogP contribution is 2.19. The summed E-state index contributed by atoms with van der Waals surface area (Å²) >= 11 is 1.75. The van der Waals surface area contributed by atoms with Gasteiger partial charge in [0.25, 0.3) is 0 Å². The van der Waals surface area contributed by atoms with Gasteiger partial charge in [-0.05, 0) is 36.8 Å². The van der Waals surface area contributed by atoms with Crippen molar-refractivity contribution in [2.45, 2.75) is 13.8 Å². The van der Waals surface area contributed by atoms with E-state index in [2.05, 4.69) is 9.97 Å². The zero-order valence-corrected chi connectivity index (χ0v) is 12.6. The molecule has 1 aromatic heterocycles. The van der Waals surface area contributed by atoms with E-state index in [4.69, 9.17) is 10.5 Å². The Labute approximate surface area is 119 Å². The van der Waals surface area contributed by atoms with E-state index >= 15 is 0 Å². The third-order valence-electron chi connectivity index (χ3n) is 1.66. The molecular formula is C14H21N3OS. The summed E-state index contributed by atoms with van der Waals surface area (Å²) in [6, 6.07) is 8.82. The summed E-state index contributed by atoms with van der Waals surface area (Å²) in [6.45, 7) is 4.00. The molecule has 0 saturated carbocycles. The number of hydrogen-bond acceptors (Lipinski definition) is 5. The molecular weight excluding hydrogens is 258 g/mol. The van der Waals surface area contributed by atoms with Gasteiger partial charge in [-0.25, -0.2) is 9.97 Å². The molecule has 2 aromatic rings. The topological polar surface area (TPSA) is 61.0 Å². The fourth-order valence-corrected chi connectivity index (χ4v) is 0.996. The first-order valence-electron chi connectivity index (χ1n) is 5.95. The number of ether oxygens (including phenoxy) is 1. The standard InChI is InChI=1S/C10H9N3O.C2H6S.C2H6/c11-8-1-3-9(4-2-8)14-10-5-6-12-7-13-10;1-3-2;1-2/h1-7H,11H2;1-2H3;1-2H3. The van der Waals surface area contributed by atoms with E-state index in [9.17, 15) is 0 Å². The number of nitrogen functional groups attached to an aromatic ring is 1. The minimum atomic E-state index is 0.518. The Morgan fingerprint density at radius 2 is 1.63 bits per heavy atom. The maximum Gasteiger partial charge on any atom is 0.222 e. The Bertz CT molecular complexity index is 420. The molecule has 0 bridgehead atoms. The Balaban J connectivity index is 0.000000573. The predicted octanol–water partition coefficient (Wildman–Crippen LogP) is 3.86. The van der Waals surface area contributed by atoms with Crippen LogP contribution >= 0.6 is 11.8 Å². The van der Waals surface area contributed by atoms with Crippen molar-refractivity contribution in [1.29, 1.82) is 0 Å². The van der Waals surface area contributed by atoms with Gasteiger partial charge in [0.15, 0.2) is 0 Å². The van der Waals surface area contributed by atoms with Crippen molar-refractivity contribution in [3.63, 3.8) is 0 Å². The van der Waals surface area contributed by atoms with Gasteiger partial charge in [-0.1, -0.05) is 13.8 Å². The molecule has 0 aliphatic heterocycles. The van der Waals surface area contributed by atoms with Crippen LogP contribution in [0.2, 0.25) is 0 Å². The third-order valence-corrected chi connectivity index (χ3v) is 1.66. The number of rotatable bonds is 2. The van der Waals surface area contributed by atoms with E-state index in [1.807, 2.05) is 26.4 Å². The van der Waals surface area contributed by atoms with Gasteiger partial charge in [0, 0.05) is 18.0 Å². The second kappa shape index (κ2) is 11.3. The van der Waals surface area contributed by atoms with Crippen molar-refractivity contribution in [3.8, 4) is 11.6 Å². The molecule has 2 rings (SSSR count). The highest BCUT2D eigenvalue weighted by molar-refractivity contribution is 7.97. The highest BCUT2D eigenvalue weighted by Gasteiger charge is 1.96. The van der Waals surface area contributed by atoms with Gasteiger partial charge in [0.1, 0.15) is 12.1 Å². The Morgan fingerprint density at radius 3 is 2.11 bits per heavy atom. The number of hydrogen-bond donors (Lipinski definition) is 1. The van der Waals surface area contributed by atoms with Crippen LogP contribution in [-0.4, -0.2) is 22.5 Å². The molecule has 1 heterocycles. The summed E-state index contributed by atoms with van der Waals surface area (Å²) in [5, 5.41) is 0. The molecule has 104 valence electrons. The van der Waals surface area contributed by atoms with Crippen LogP contribution < -0.4 is 10.5 Å². The van der Waals surface area contributed by atoms with Gasteiger partial charge in [0.05, 0.1) is 0 Å². The minimum Gasteiger partial charge on any atom is -0.439 e. The molecule has 1 aromatic carbocycles. The average Bonchev–Trinajstić information content (AvgIpc) is 2.46. The lowest BCUT2D eigenvalue weighted by Gasteiger charge is -2.03. The Hall–Kier alpha value is -1.75. The van der Waals surface area contributed by atoms with Crippen molar-refractivity contribution >= 4 is 17.4 Å². The Kier molecular flexibility index (Phi) is 10.3. The fraction of sp³-hybridized carbons (Fsp3) is 0.286. The quantitative estimate of drug-likeness (QED) is 0.846. The molecule has 0 atom stereocenters. The minimum absolute atomic E-state index is 0.518. The number of thioether (sulfide) groups is 1. The van der Waals surface area contributed by atoms with Crippen LogP contribution in [0.4, 0.5) is 5.69 Å². The molecule has 5 heteroatoms. The molecule has 0 fully saturated rings.